The third-order valence-electron chi connectivity index (χ3n) is 4.57. The molecule has 0 aliphatic carbocycles. The summed E-state index contributed by atoms with van der Waals surface area (Å²) in [6, 6.07) is 13.7. The van der Waals surface area contributed by atoms with Crippen molar-refractivity contribution >= 4 is 17.5 Å². The number of rotatable bonds is 9. The Kier molecular flexibility index (Phi) is 8.02. The number of nitrogens with one attached hydrogen (secondary N) is 3. The van der Waals surface area contributed by atoms with Gasteiger partial charge < -0.3 is 20.3 Å². The highest BCUT2D eigenvalue weighted by atomic mass is 16.5. The smallest absolute Gasteiger partial charge is 0.279 e. The van der Waals surface area contributed by atoms with Crippen molar-refractivity contribution in [1.82, 2.24) is 5.32 Å². The minimum atomic E-state index is -0.0964. The molecule has 150 valence electrons. The van der Waals surface area contributed by atoms with E-state index in [2.05, 4.69) is 10.6 Å². The van der Waals surface area contributed by atoms with Crippen LogP contribution in [0, 0.1) is 13.8 Å². The lowest BCUT2D eigenvalue weighted by Crippen LogP contribution is -3.11. The Morgan fingerprint density at radius 3 is 2.18 bits per heavy atom. The van der Waals surface area contributed by atoms with Crippen LogP contribution in [0.2, 0.25) is 0 Å². The summed E-state index contributed by atoms with van der Waals surface area (Å²) in [5.74, 6) is 0.656. The van der Waals surface area contributed by atoms with Gasteiger partial charge in [0.1, 0.15) is 5.75 Å². The van der Waals surface area contributed by atoms with E-state index in [-0.39, 0.29) is 24.9 Å². The summed E-state index contributed by atoms with van der Waals surface area (Å²) in [4.78, 5) is 25.2. The molecule has 0 bridgehead atoms. The number of benzene rings is 2. The minimum Gasteiger partial charge on any atom is -0.497 e. The van der Waals surface area contributed by atoms with Crippen molar-refractivity contribution in [2.75, 3.05) is 39.1 Å². The van der Waals surface area contributed by atoms with Gasteiger partial charge in [0.25, 0.3) is 11.8 Å². The van der Waals surface area contributed by atoms with Crippen LogP contribution in [-0.2, 0) is 16.0 Å². The monoisotopic (exact) mass is 384 g/mol. The third kappa shape index (κ3) is 6.70. The van der Waals surface area contributed by atoms with Crippen LogP contribution >= 0.6 is 0 Å². The molecule has 2 amide bonds. The van der Waals surface area contributed by atoms with Gasteiger partial charge in [-0.3, -0.25) is 9.59 Å². The van der Waals surface area contributed by atoms with Gasteiger partial charge in [-0.25, -0.2) is 0 Å². The van der Waals surface area contributed by atoms with Gasteiger partial charge >= 0.3 is 0 Å². The number of hydrogen-bond donors (Lipinski definition) is 3. The predicted octanol–water partition coefficient (Wildman–Crippen LogP) is 1.12. The first-order chi connectivity index (χ1) is 13.4. The van der Waals surface area contributed by atoms with Gasteiger partial charge in [-0.15, -0.1) is 0 Å². The molecule has 0 spiro atoms. The number of aryl methyl sites for hydroxylation is 2. The summed E-state index contributed by atoms with van der Waals surface area (Å²) < 4.78 is 5.13. The first kappa shape index (κ1) is 21.4. The maximum Gasteiger partial charge on any atom is 0.279 e. The molecule has 0 radical (unpaired) electrons. The molecule has 1 unspecified atom stereocenters. The van der Waals surface area contributed by atoms with Crippen molar-refractivity contribution in [2.24, 2.45) is 0 Å². The fourth-order valence-corrected chi connectivity index (χ4v) is 3.01. The van der Waals surface area contributed by atoms with Crippen LogP contribution in [0.1, 0.15) is 16.7 Å². The molecule has 2 aromatic rings. The van der Waals surface area contributed by atoms with E-state index in [9.17, 15) is 9.59 Å². The van der Waals surface area contributed by atoms with Crippen molar-refractivity contribution in [1.29, 1.82) is 0 Å². The molecule has 1 atom stereocenters. The first-order valence-corrected chi connectivity index (χ1v) is 9.46. The number of hydrogen-bond acceptors (Lipinski definition) is 3. The number of carbonyl (C=O) groups is 2. The highest BCUT2D eigenvalue weighted by molar-refractivity contribution is 5.93. The van der Waals surface area contributed by atoms with Crippen molar-refractivity contribution in [3.63, 3.8) is 0 Å². The SMILES string of the molecule is COc1ccc(CCNC(=O)C[NH+](C)CC(=O)Nc2c(C)cccc2C)cc1. The second-order valence-corrected chi connectivity index (χ2v) is 7.07. The van der Waals surface area contributed by atoms with Crippen LogP contribution in [0.4, 0.5) is 5.69 Å². The standard InChI is InChI=1S/C22H29N3O3/c1-16-6-5-7-17(2)22(16)24-21(27)15-25(3)14-20(26)23-13-12-18-8-10-19(28-4)11-9-18/h5-11H,12-15H2,1-4H3,(H,23,26)(H,24,27)/p+1. The number of para-hydroxylation sites is 1. The number of carbonyl (C=O) groups excluding carboxylic acids is 2. The van der Waals surface area contributed by atoms with Crippen LogP contribution in [-0.4, -0.2) is 45.6 Å². The zero-order chi connectivity index (χ0) is 20.5. The van der Waals surface area contributed by atoms with E-state index >= 15 is 0 Å². The van der Waals surface area contributed by atoms with Gasteiger partial charge in [0, 0.05) is 12.2 Å². The summed E-state index contributed by atoms with van der Waals surface area (Å²) in [7, 11) is 3.48. The van der Waals surface area contributed by atoms with E-state index in [4.69, 9.17) is 4.74 Å². The summed E-state index contributed by atoms with van der Waals surface area (Å²) in [6.07, 6.45) is 0.752. The summed E-state index contributed by atoms with van der Waals surface area (Å²) in [5, 5.41) is 5.86. The highest BCUT2D eigenvalue weighted by Crippen LogP contribution is 2.18. The lowest BCUT2D eigenvalue weighted by atomic mass is 10.1. The second kappa shape index (κ2) is 10.5. The number of methoxy groups -OCH3 is 1. The molecular weight excluding hydrogens is 354 g/mol. The van der Waals surface area contributed by atoms with E-state index in [1.807, 2.05) is 63.4 Å². The summed E-state index contributed by atoms with van der Waals surface area (Å²) >= 11 is 0. The Labute approximate surface area is 166 Å². The average Bonchev–Trinajstić information content (AvgIpc) is 2.65. The van der Waals surface area contributed by atoms with Crippen LogP contribution in [0.15, 0.2) is 42.5 Å². The molecule has 0 saturated carbocycles. The number of ether oxygens (including phenoxy) is 1. The van der Waals surface area contributed by atoms with Crippen molar-refractivity contribution in [2.45, 2.75) is 20.3 Å². The van der Waals surface area contributed by atoms with Gasteiger partial charge in [-0.1, -0.05) is 30.3 Å². The maximum atomic E-state index is 12.3. The van der Waals surface area contributed by atoms with Gasteiger partial charge in [-0.2, -0.15) is 0 Å². The Morgan fingerprint density at radius 1 is 0.964 bits per heavy atom. The number of likely N-dealkylation sites (N-methyl/N-ethyl adjacent to an activating group) is 1. The maximum absolute atomic E-state index is 12.3. The zero-order valence-electron chi connectivity index (χ0n) is 17.1. The number of quaternary nitrogens is 1. The number of anilines is 1. The minimum absolute atomic E-state index is 0.0640. The molecule has 0 saturated heterocycles. The van der Waals surface area contributed by atoms with E-state index in [0.717, 1.165) is 39.4 Å². The molecule has 6 heteroatoms. The van der Waals surface area contributed by atoms with E-state index in [1.54, 1.807) is 7.11 Å². The van der Waals surface area contributed by atoms with Crippen molar-refractivity contribution in [3.8, 4) is 5.75 Å². The predicted molar refractivity (Wildman–Crippen MR) is 111 cm³/mol. The van der Waals surface area contributed by atoms with Gasteiger partial charge in [0.15, 0.2) is 13.1 Å². The molecule has 2 aromatic carbocycles. The Hall–Kier alpha value is -2.86. The molecule has 0 aliphatic heterocycles. The molecule has 2 rings (SSSR count). The number of amides is 2. The van der Waals surface area contributed by atoms with E-state index in [0.29, 0.717) is 6.54 Å². The summed E-state index contributed by atoms with van der Waals surface area (Å²) in [5.41, 5.74) is 4.04. The fraction of sp³-hybridized carbons (Fsp3) is 0.364. The molecule has 28 heavy (non-hydrogen) atoms. The zero-order valence-corrected chi connectivity index (χ0v) is 17.1. The van der Waals surface area contributed by atoms with Crippen LogP contribution in [0.3, 0.4) is 0 Å². The Morgan fingerprint density at radius 2 is 1.57 bits per heavy atom. The molecule has 0 fully saturated rings. The molecule has 0 aliphatic rings. The molecular formula is C22H30N3O3+. The Bertz CT molecular complexity index is 783. The lowest BCUT2D eigenvalue weighted by molar-refractivity contribution is -0.862. The normalized spacial score (nSPS) is 11.6. The lowest BCUT2D eigenvalue weighted by Gasteiger charge is -2.15. The fourth-order valence-electron chi connectivity index (χ4n) is 3.01. The topological polar surface area (TPSA) is 71.9 Å². The van der Waals surface area contributed by atoms with Gasteiger partial charge in [0.2, 0.25) is 0 Å². The highest BCUT2D eigenvalue weighted by Gasteiger charge is 2.15. The molecule has 3 N–H and O–H groups in total. The van der Waals surface area contributed by atoms with Gasteiger partial charge in [-0.05, 0) is 49.1 Å². The van der Waals surface area contributed by atoms with Gasteiger partial charge in [0.05, 0.1) is 14.2 Å². The second-order valence-electron chi connectivity index (χ2n) is 7.07. The van der Waals surface area contributed by atoms with E-state index in [1.165, 1.54) is 0 Å². The third-order valence-corrected chi connectivity index (χ3v) is 4.57. The van der Waals surface area contributed by atoms with E-state index < -0.39 is 0 Å². The summed E-state index contributed by atoms with van der Waals surface area (Å²) in [6.45, 7) is 4.99. The quantitative estimate of drug-likeness (QED) is 0.607. The van der Waals surface area contributed by atoms with Crippen molar-refractivity contribution in [3.05, 3.63) is 59.2 Å². The average molecular weight is 385 g/mol. The Balaban J connectivity index is 1.71. The molecule has 6 nitrogen and oxygen atoms in total. The van der Waals surface area contributed by atoms with Crippen LogP contribution in [0.5, 0.6) is 5.75 Å². The van der Waals surface area contributed by atoms with Crippen LogP contribution < -0.4 is 20.3 Å². The van der Waals surface area contributed by atoms with Crippen molar-refractivity contribution < 1.29 is 19.2 Å². The van der Waals surface area contributed by atoms with Crippen LogP contribution in [0.25, 0.3) is 0 Å². The first-order valence-electron chi connectivity index (χ1n) is 9.46. The largest absolute Gasteiger partial charge is 0.497 e. The molecule has 0 heterocycles. The molecule has 0 aromatic heterocycles.